The van der Waals surface area contributed by atoms with E-state index in [-0.39, 0.29) is 18.0 Å². The van der Waals surface area contributed by atoms with E-state index in [2.05, 4.69) is 0 Å². The number of rotatable bonds is 6. The Morgan fingerprint density at radius 3 is 2.26 bits per heavy atom. The summed E-state index contributed by atoms with van der Waals surface area (Å²) in [7, 11) is 0. The standard InChI is InChI=1S/C18H18N2O3/c21-18(12-14-6-8-17(9-7-14)20(22)23)19(16-10-11-16)13-15-4-2-1-3-5-15/h1-9,16H,10-13H2. The van der Waals surface area contributed by atoms with Gasteiger partial charge in [-0.2, -0.15) is 0 Å². The van der Waals surface area contributed by atoms with Gasteiger partial charge in [0.05, 0.1) is 11.3 Å². The van der Waals surface area contributed by atoms with Crippen molar-refractivity contribution in [2.24, 2.45) is 0 Å². The van der Waals surface area contributed by atoms with Crippen LogP contribution >= 0.6 is 0 Å². The summed E-state index contributed by atoms with van der Waals surface area (Å²) >= 11 is 0. The van der Waals surface area contributed by atoms with E-state index < -0.39 is 4.92 Å². The first kappa shape index (κ1) is 15.2. The molecule has 5 heteroatoms. The SMILES string of the molecule is O=C(Cc1ccc([N+](=O)[O-])cc1)N(Cc1ccccc1)C1CC1. The van der Waals surface area contributed by atoms with E-state index in [0.29, 0.717) is 12.6 Å². The molecule has 23 heavy (non-hydrogen) atoms. The van der Waals surface area contributed by atoms with Crippen LogP contribution in [0.5, 0.6) is 0 Å². The first-order valence-corrected chi connectivity index (χ1v) is 7.70. The van der Waals surface area contributed by atoms with Crippen LogP contribution in [-0.2, 0) is 17.8 Å². The smallest absolute Gasteiger partial charge is 0.269 e. The monoisotopic (exact) mass is 310 g/mol. The molecule has 0 N–H and O–H groups in total. The van der Waals surface area contributed by atoms with Crippen LogP contribution in [0.2, 0.25) is 0 Å². The lowest BCUT2D eigenvalue weighted by molar-refractivity contribution is -0.384. The van der Waals surface area contributed by atoms with Gasteiger partial charge in [0, 0.05) is 24.7 Å². The van der Waals surface area contributed by atoms with Crippen molar-refractivity contribution >= 4 is 11.6 Å². The predicted octanol–water partition coefficient (Wildman–Crippen LogP) is 3.33. The zero-order chi connectivity index (χ0) is 16.2. The molecule has 0 saturated heterocycles. The van der Waals surface area contributed by atoms with E-state index in [0.717, 1.165) is 24.0 Å². The number of hydrogen-bond donors (Lipinski definition) is 0. The summed E-state index contributed by atoms with van der Waals surface area (Å²) < 4.78 is 0. The average molecular weight is 310 g/mol. The van der Waals surface area contributed by atoms with Crippen LogP contribution in [0.4, 0.5) is 5.69 Å². The molecule has 0 unspecified atom stereocenters. The van der Waals surface area contributed by atoms with Crippen molar-refractivity contribution < 1.29 is 9.72 Å². The maximum Gasteiger partial charge on any atom is 0.269 e. The molecule has 0 spiro atoms. The average Bonchev–Trinajstić information content (AvgIpc) is 3.39. The normalized spacial score (nSPS) is 13.6. The lowest BCUT2D eigenvalue weighted by Crippen LogP contribution is -2.33. The first-order valence-electron chi connectivity index (χ1n) is 7.70. The quantitative estimate of drug-likeness (QED) is 0.607. The van der Waals surface area contributed by atoms with Gasteiger partial charge < -0.3 is 4.90 Å². The highest BCUT2D eigenvalue weighted by atomic mass is 16.6. The highest BCUT2D eigenvalue weighted by Crippen LogP contribution is 2.29. The van der Waals surface area contributed by atoms with Gasteiger partial charge in [0.2, 0.25) is 5.91 Å². The summed E-state index contributed by atoms with van der Waals surface area (Å²) in [5.41, 5.74) is 1.97. The number of carbonyl (C=O) groups excluding carboxylic acids is 1. The third-order valence-electron chi connectivity index (χ3n) is 4.01. The second kappa shape index (κ2) is 6.60. The molecular formula is C18H18N2O3. The highest BCUT2D eigenvalue weighted by Gasteiger charge is 2.32. The van der Waals surface area contributed by atoms with E-state index in [1.54, 1.807) is 12.1 Å². The molecule has 0 heterocycles. The highest BCUT2D eigenvalue weighted by molar-refractivity contribution is 5.79. The number of carbonyl (C=O) groups is 1. The number of non-ortho nitro benzene ring substituents is 1. The van der Waals surface area contributed by atoms with Crippen LogP contribution in [0.1, 0.15) is 24.0 Å². The van der Waals surface area contributed by atoms with Gasteiger partial charge in [-0.15, -0.1) is 0 Å². The second-order valence-electron chi connectivity index (χ2n) is 5.84. The second-order valence-corrected chi connectivity index (χ2v) is 5.84. The largest absolute Gasteiger partial charge is 0.335 e. The van der Waals surface area contributed by atoms with Crippen LogP contribution in [0.15, 0.2) is 54.6 Å². The fourth-order valence-corrected chi connectivity index (χ4v) is 2.60. The van der Waals surface area contributed by atoms with Gasteiger partial charge in [-0.1, -0.05) is 42.5 Å². The first-order chi connectivity index (χ1) is 11.1. The van der Waals surface area contributed by atoms with Crippen molar-refractivity contribution in [3.63, 3.8) is 0 Å². The minimum Gasteiger partial charge on any atom is -0.335 e. The molecule has 1 aliphatic rings. The van der Waals surface area contributed by atoms with Crippen LogP contribution in [0.3, 0.4) is 0 Å². The fourth-order valence-electron chi connectivity index (χ4n) is 2.60. The van der Waals surface area contributed by atoms with Crippen LogP contribution in [-0.4, -0.2) is 21.8 Å². The minimum atomic E-state index is -0.433. The van der Waals surface area contributed by atoms with E-state index in [9.17, 15) is 14.9 Å². The zero-order valence-corrected chi connectivity index (χ0v) is 12.7. The maximum atomic E-state index is 12.6. The number of nitro groups is 1. The number of hydrogen-bond acceptors (Lipinski definition) is 3. The Balaban J connectivity index is 1.68. The number of nitrogens with zero attached hydrogens (tertiary/aromatic N) is 2. The Morgan fingerprint density at radius 2 is 1.70 bits per heavy atom. The van der Waals surface area contributed by atoms with E-state index in [1.165, 1.54) is 12.1 Å². The molecule has 0 atom stereocenters. The molecule has 1 amide bonds. The molecule has 1 fully saturated rings. The Morgan fingerprint density at radius 1 is 1.04 bits per heavy atom. The summed E-state index contributed by atoms with van der Waals surface area (Å²) in [5, 5.41) is 10.7. The fraction of sp³-hybridized carbons (Fsp3) is 0.278. The van der Waals surface area contributed by atoms with Gasteiger partial charge in [-0.05, 0) is 24.0 Å². The predicted molar refractivity (Wildman–Crippen MR) is 86.8 cm³/mol. The molecule has 118 valence electrons. The van der Waals surface area contributed by atoms with Crippen molar-refractivity contribution in [1.82, 2.24) is 4.90 Å². The topological polar surface area (TPSA) is 63.4 Å². The molecule has 0 bridgehead atoms. The Labute approximate surface area is 134 Å². The summed E-state index contributed by atoms with van der Waals surface area (Å²) in [4.78, 5) is 24.8. The number of nitro benzene ring substituents is 1. The molecule has 0 radical (unpaired) electrons. The van der Waals surface area contributed by atoms with Crippen LogP contribution in [0.25, 0.3) is 0 Å². The Kier molecular flexibility index (Phi) is 4.37. The summed E-state index contributed by atoms with van der Waals surface area (Å²) in [5.74, 6) is 0.0743. The molecule has 0 aliphatic heterocycles. The molecular weight excluding hydrogens is 292 g/mol. The molecule has 3 rings (SSSR count). The van der Waals surface area contributed by atoms with E-state index in [1.807, 2.05) is 35.2 Å². The molecule has 1 aliphatic carbocycles. The third-order valence-corrected chi connectivity index (χ3v) is 4.01. The van der Waals surface area contributed by atoms with Gasteiger partial charge in [0.25, 0.3) is 5.69 Å². The molecule has 0 aromatic heterocycles. The Hall–Kier alpha value is -2.69. The van der Waals surface area contributed by atoms with Crippen molar-refractivity contribution in [3.05, 3.63) is 75.8 Å². The van der Waals surface area contributed by atoms with E-state index in [4.69, 9.17) is 0 Å². The molecule has 1 saturated carbocycles. The lowest BCUT2D eigenvalue weighted by atomic mass is 10.1. The zero-order valence-electron chi connectivity index (χ0n) is 12.7. The van der Waals surface area contributed by atoms with Gasteiger partial charge in [-0.25, -0.2) is 0 Å². The third kappa shape index (κ3) is 3.94. The van der Waals surface area contributed by atoms with E-state index >= 15 is 0 Å². The summed E-state index contributed by atoms with van der Waals surface area (Å²) in [6.45, 7) is 0.622. The van der Waals surface area contributed by atoms with Crippen molar-refractivity contribution in [2.75, 3.05) is 0 Å². The number of amides is 1. The lowest BCUT2D eigenvalue weighted by Gasteiger charge is -2.22. The van der Waals surface area contributed by atoms with Crippen LogP contribution in [0, 0.1) is 10.1 Å². The molecule has 2 aromatic rings. The Bertz CT molecular complexity index is 694. The summed E-state index contributed by atoms with van der Waals surface area (Å²) in [6.07, 6.45) is 2.39. The van der Waals surface area contributed by atoms with Crippen molar-refractivity contribution in [2.45, 2.75) is 31.8 Å². The van der Waals surface area contributed by atoms with Crippen molar-refractivity contribution in [3.8, 4) is 0 Å². The number of benzene rings is 2. The molecule has 2 aromatic carbocycles. The molecule has 5 nitrogen and oxygen atoms in total. The van der Waals surface area contributed by atoms with Gasteiger partial charge >= 0.3 is 0 Å². The van der Waals surface area contributed by atoms with Gasteiger partial charge in [0.1, 0.15) is 0 Å². The van der Waals surface area contributed by atoms with Crippen molar-refractivity contribution in [1.29, 1.82) is 0 Å². The summed E-state index contributed by atoms with van der Waals surface area (Å²) in [6, 6.07) is 16.5. The minimum absolute atomic E-state index is 0.0459. The van der Waals surface area contributed by atoms with Gasteiger partial charge in [0.15, 0.2) is 0 Å². The van der Waals surface area contributed by atoms with Gasteiger partial charge in [-0.3, -0.25) is 14.9 Å². The maximum absolute atomic E-state index is 12.6. The van der Waals surface area contributed by atoms with Crippen LogP contribution < -0.4 is 0 Å².